The fourth-order valence-electron chi connectivity index (χ4n) is 1.77. The van der Waals surface area contributed by atoms with E-state index in [0.717, 1.165) is 25.0 Å². The maximum absolute atomic E-state index is 9.21. The first-order valence-electron chi connectivity index (χ1n) is 6.09. The molecule has 0 aliphatic heterocycles. The van der Waals surface area contributed by atoms with Gasteiger partial charge in [0.15, 0.2) is 0 Å². The van der Waals surface area contributed by atoms with Gasteiger partial charge in [-0.25, -0.2) is 0 Å². The van der Waals surface area contributed by atoms with Crippen molar-refractivity contribution in [1.82, 2.24) is 10.3 Å². The van der Waals surface area contributed by atoms with Crippen molar-refractivity contribution in [3.05, 3.63) is 30.1 Å². The monoisotopic (exact) mass is 222 g/mol. The van der Waals surface area contributed by atoms with Gasteiger partial charge >= 0.3 is 0 Å². The van der Waals surface area contributed by atoms with Crippen LogP contribution in [-0.4, -0.2) is 22.7 Å². The minimum absolute atomic E-state index is 0.165. The number of hydrogen-bond acceptors (Lipinski definition) is 3. The summed E-state index contributed by atoms with van der Waals surface area (Å²) < 4.78 is 0. The molecule has 0 fully saturated rings. The minimum atomic E-state index is 0.165. The van der Waals surface area contributed by atoms with Crippen LogP contribution in [0.25, 0.3) is 0 Å². The minimum Gasteiger partial charge on any atom is -0.395 e. The predicted molar refractivity (Wildman–Crippen MR) is 66.2 cm³/mol. The van der Waals surface area contributed by atoms with Crippen LogP contribution in [0.3, 0.4) is 0 Å². The van der Waals surface area contributed by atoms with Crippen molar-refractivity contribution in [1.29, 1.82) is 0 Å². The van der Waals surface area contributed by atoms with Crippen LogP contribution in [0.15, 0.2) is 24.4 Å². The molecule has 1 rings (SSSR count). The van der Waals surface area contributed by atoms with Gasteiger partial charge in [0.1, 0.15) is 0 Å². The number of rotatable bonds is 7. The highest BCUT2D eigenvalue weighted by molar-refractivity contribution is 5.08. The molecule has 0 bridgehead atoms. The van der Waals surface area contributed by atoms with Crippen LogP contribution < -0.4 is 5.32 Å². The lowest BCUT2D eigenvalue weighted by atomic mass is 10.1. The highest BCUT2D eigenvalue weighted by Gasteiger charge is 2.15. The Labute approximate surface area is 97.9 Å². The molecule has 3 heteroatoms. The largest absolute Gasteiger partial charge is 0.395 e. The first-order chi connectivity index (χ1) is 7.81. The quantitative estimate of drug-likeness (QED) is 0.744. The molecule has 0 spiro atoms. The molecular weight excluding hydrogens is 200 g/mol. The van der Waals surface area contributed by atoms with E-state index in [0.29, 0.717) is 0 Å². The van der Waals surface area contributed by atoms with Gasteiger partial charge in [-0.1, -0.05) is 26.3 Å². The fourth-order valence-corrected chi connectivity index (χ4v) is 1.77. The Morgan fingerprint density at radius 2 is 2.19 bits per heavy atom. The van der Waals surface area contributed by atoms with E-state index in [-0.39, 0.29) is 18.7 Å². The maximum atomic E-state index is 9.21. The van der Waals surface area contributed by atoms with Crippen LogP contribution in [0.2, 0.25) is 0 Å². The summed E-state index contributed by atoms with van der Waals surface area (Å²) in [5.41, 5.74) is 1.07. The molecule has 2 N–H and O–H groups in total. The summed E-state index contributed by atoms with van der Waals surface area (Å²) in [6.45, 7) is 4.43. The van der Waals surface area contributed by atoms with Gasteiger partial charge in [0.25, 0.3) is 0 Å². The van der Waals surface area contributed by atoms with E-state index in [1.165, 1.54) is 0 Å². The number of aromatic nitrogens is 1. The van der Waals surface area contributed by atoms with Gasteiger partial charge in [0.2, 0.25) is 0 Å². The number of pyridine rings is 1. The zero-order valence-electron chi connectivity index (χ0n) is 10.2. The summed E-state index contributed by atoms with van der Waals surface area (Å²) in [5.74, 6) is 0. The summed E-state index contributed by atoms with van der Waals surface area (Å²) in [6.07, 6.45) is 4.91. The van der Waals surface area contributed by atoms with Gasteiger partial charge in [-0.2, -0.15) is 0 Å². The number of nitrogens with zero attached hydrogens (tertiary/aromatic N) is 1. The molecule has 1 aromatic rings. The van der Waals surface area contributed by atoms with Gasteiger partial charge in [0.05, 0.1) is 12.3 Å². The number of hydrogen-bond donors (Lipinski definition) is 2. The second-order valence-electron chi connectivity index (χ2n) is 4.05. The van der Waals surface area contributed by atoms with Crippen LogP contribution in [0, 0.1) is 0 Å². The van der Waals surface area contributed by atoms with Crippen molar-refractivity contribution in [2.75, 3.05) is 6.61 Å². The van der Waals surface area contributed by atoms with Gasteiger partial charge in [0, 0.05) is 18.3 Å². The predicted octanol–water partition coefficient (Wildman–Crippen LogP) is 2.28. The van der Waals surface area contributed by atoms with Crippen LogP contribution in [-0.2, 0) is 0 Å². The summed E-state index contributed by atoms with van der Waals surface area (Å²) >= 11 is 0. The Balaban J connectivity index is 2.67. The molecule has 0 aromatic carbocycles. The van der Waals surface area contributed by atoms with Crippen molar-refractivity contribution in [2.24, 2.45) is 0 Å². The van der Waals surface area contributed by atoms with Crippen molar-refractivity contribution in [2.45, 2.75) is 45.2 Å². The van der Waals surface area contributed by atoms with E-state index in [4.69, 9.17) is 0 Å². The Hall–Kier alpha value is -0.930. The number of aliphatic hydroxyl groups is 1. The van der Waals surface area contributed by atoms with E-state index < -0.39 is 0 Å². The van der Waals surface area contributed by atoms with Crippen LogP contribution in [0.4, 0.5) is 0 Å². The Kier molecular flexibility index (Phi) is 6.04. The average Bonchev–Trinajstić information content (AvgIpc) is 2.35. The van der Waals surface area contributed by atoms with Crippen LogP contribution in [0.1, 0.15) is 44.8 Å². The fraction of sp³-hybridized carbons (Fsp3) is 0.615. The first kappa shape index (κ1) is 13.1. The van der Waals surface area contributed by atoms with E-state index in [1.807, 2.05) is 24.4 Å². The lowest BCUT2D eigenvalue weighted by molar-refractivity contribution is 0.224. The summed E-state index contributed by atoms with van der Waals surface area (Å²) in [4.78, 5) is 4.38. The van der Waals surface area contributed by atoms with E-state index in [2.05, 4.69) is 24.1 Å². The molecule has 0 aliphatic carbocycles. The molecule has 0 aliphatic rings. The molecule has 0 radical (unpaired) electrons. The van der Waals surface area contributed by atoms with E-state index in [9.17, 15) is 5.11 Å². The maximum Gasteiger partial charge on any atom is 0.0584 e. The molecular formula is C13H22N2O. The zero-order chi connectivity index (χ0) is 11.8. The van der Waals surface area contributed by atoms with Gasteiger partial charge in [-0.3, -0.25) is 4.98 Å². The number of nitrogens with one attached hydrogen (secondary N) is 1. The molecule has 16 heavy (non-hydrogen) atoms. The van der Waals surface area contributed by atoms with Crippen molar-refractivity contribution in [3.63, 3.8) is 0 Å². The second-order valence-corrected chi connectivity index (χ2v) is 4.05. The Morgan fingerprint density at radius 1 is 1.38 bits per heavy atom. The smallest absolute Gasteiger partial charge is 0.0584 e. The summed E-state index contributed by atoms with van der Waals surface area (Å²) in [5, 5.41) is 12.7. The van der Waals surface area contributed by atoms with Gasteiger partial charge < -0.3 is 10.4 Å². The molecule has 1 aromatic heterocycles. The molecule has 90 valence electrons. The summed E-state index contributed by atoms with van der Waals surface area (Å²) in [6, 6.07) is 6.39. The van der Waals surface area contributed by atoms with E-state index in [1.54, 1.807) is 0 Å². The first-order valence-corrected chi connectivity index (χ1v) is 6.09. The van der Waals surface area contributed by atoms with Gasteiger partial charge in [-0.15, -0.1) is 0 Å². The Bertz CT molecular complexity index is 273. The highest BCUT2D eigenvalue weighted by atomic mass is 16.3. The third-order valence-electron chi connectivity index (χ3n) is 2.77. The standard InChI is InChI=1S/C13H22N2O/c1-3-7-13(15-11(4-2)10-16)12-8-5-6-9-14-12/h5-6,8-9,11,13,15-16H,3-4,7,10H2,1-2H3/t11-,13?/m1/s1. The lowest BCUT2D eigenvalue weighted by Gasteiger charge is -2.23. The SMILES string of the molecule is CCCC(N[C@H](CC)CO)c1ccccn1. The van der Waals surface area contributed by atoms with Crippen molar-refractivity contribution in [3.8, 4) is 0 Å². The molecule has 3 nitrogen and oxygen atoms in total. The second kappa shape index (κ2) is 7.36. The third kappa shape index (κ3) is 3.91. The molecule has 2 atom stereocenters. The zero-order valence-corrected chi connectivity index (χ0v) is 10.2. The normalized spacial score (nSPS) is 14.7. The topological polar surface area (TPSA) is 45.1 Å². The Morgan fingerprint density at radius 3 is 2.69 bits per heavy atom. The third-order valence-corrected chi connectivity index (χ3v) is 2.77. The molecule has 0 saturated carbocycles. The molecule has 0 amide bonds. The average molecular weight is 222 g/mol. The highest BCUT2D eigenvalue weighted by Crippen LogP contribution is 2.17. The van der Waals surface area contributed by atoms with Crippen LogP contribution in [0.5, 0.6) is 0 Å². The number of aliphatic hydroxyl groups excluding tert-OH is 1. The summed E-state index contributed by atoms with van der Waals surface area (Å²) in [7, 11) is 0. The lowest BCUT2D eigenvalue weighted by Crippen LogP contribution is -2.35. The van der Waals surface area contributed by atoms with Crippen molar-refractivity contribution >= 4 is 0 Å². The molecule has 1 heterocycles. The van der Waals surface area contributed by atoms with E-state index >= 15 is 0 Å². The van der Waals surface area contributed by atoms with Gasteiger partial charge in [-0.05, 0) is 25.0 Å². The molecule has 1 unspecified atom stereocenters. The van der Waals surface area contributed by atoms with Crippen LogP contribution >= 0.6 is 0 Å². The molecule has 0 saturated heterocycles. The van der Waals surface area contributed by atoms with Crippen molar-refractivity contribution < 1.29 is 5.11 Å².